The summed E-state index contributed by atoms with van der Waals surface area (Å²) in [7, 11) is 0. The Morgan fingerprint density at radius 1 is 1.00 bits per heavy atom. The highest BCUT2D eigenvalue weighted by Gasteiger charge is 2.14. The first-order chi connectivity index (χ1) is 10.9. The van der Waals surface area contributed by atoms with E-state index in [-0.39, 0.29) is 0 Å². The van der Waals surface area contributed by atoms with Gasteiger partial charge in [0.2, 0.25) is 0 Å². The first-order valence-electron chi connectivity index (χ1n) is 7.78. The molecule has 112 valence electrons. The maximum Gasteiger partial charge on any atom is 0.126 e. The first kappa shape index (κ1) is 13.3. The molecule has 0 unspecified atom stereocenters. The summed E-state index contributed by atoms with van der Waals surface area (Å²) in [5, 5.41) is 15.5. The van der Waals surface area contributed by atoms with E-state index in [0.717, 1.165) is 54.0 Å². The average Bonchev–Trinajstić information content (AvgIpc) is 3.00. The molecule has 1 fully saturated rings. The van der Waals surface area contributed by atoms with E-state index in [1.807, 2.05) is 36.4 Å². The zero-order valence-corrected chi connectivity index (χ0v) is 12.3. The Hall–Kier alpha value is -2.40. The summed E-state index contributed by atoms with van der Waals surface area (Å²) in [4.78, 5) is 4.75. The number of hydrogen-bond donors (Lipinski definition) is 3. The van der Waals surface area contributed by atoms with E-state index in [9.17, 15) is 0 Å². The normalized spacial score (nSPS) is 16.0. The molecule has 0 radical (unpaired) electrons. The highest BCUT2D eigenvalue weighted by atomic mass is 15.1. The molecule has 3 N–H and O–H groups in total. The summed E-state index contributed by atoms with van der Waals surface area (Å²) in [6.45, 7) is 2.14. The SMILES string of the molecule is c1cc(NC2CCNCC2)nc(-c2n[nH]c3ccccc23)c1. The van der Waals surface area contributed by atoms with Crippen molar-refractivity contribution in [3.8, 4) is 11.4 Å². The van der Waals surface area contributed by atoms with Crippen LogP contribution in [0.25, 0.3) is 22.3 Å². The number of anilines is 1. The van der Waals surface area contributed by atoms with Gasteiger partial charge in [-0.3, -0.25) is 5.10 Å². The van der Waals surface area contributed by atoms with Crippen molar-refractivity contribution >= 4 is 16.7 Å². The third-order valence-electron chi connectivity index (χ3n) is 4.15. The number of pyridine rings is 1. The molecule has 0 spiro atoms. The number of H-pyrrole nitrogens is 1. The van der Waals surface area contributed by atoms with Crippen molar-refractivity contribution < 1.29 is 0 Å². The molecular weight excluding hydrogens is 274 g/mol. The number of aromatic amines is 1. The fraction of sp³-hybridized carbons (Fsp3) is 0.294. The van der Waals surface area contributed by atoms with Crippen LogP contribution in [0, 0.1) is 0 Å². The van der Waals surface area contributed by atoms with Crippen LogP contribution in [0.3, 0.4) is 0 Å². The number of rotatable bonds is 3. The van der Waals surface area contributed by atoms with Gasteiger partial charge in [0.05, 0.1) is 11.2 Å². The Morgan fingerprint density at radius 2 is 1.86 bits per heavy atom. The maximum atomic E-state index is 4.75. The van der Waals surface area contributed by atoms with Crippen LogP contribution in [0.5, 0.6) is 0 Å². The molecule has 5 heteroatoms. The van der Waals surface area contributed by atoms with Crippen LogP contribution in [0.4, 0.5) is 5.82 Å². The Bertz CT molecular complexity index is 773. The van der Waals surface area contributed by atoms with E-state index in [0.29, 0.717) is 6.04 Å². The number of aromatic nitrogens is 3. The van der Waals surface area contributed by atoms with E-state index in [2.05, 4.69) is 26.9 Å². The van der Waals surface area contributed by atoms with Crippen LogP contribution in [0.2, 0.25) is 0 Å². The lowest BCUT2D eigenvalue weighted by molar-refractivity contribution is 0.478. The zero-order valence-electron chi connectivity index (χ0n) is 12.3. The van der Waals surface area contributed by atoms with Crippen LogP contribution in [-0.2, 0) is 0 Å². The molecule has 0 saturated carbocycles. The van der Waals surface area contributed by atoms with E-state index in [1.165, 1.54) is 0 Å². The molecule has 1 aliphatic rings. The Morgan fingerprint density at radius 3 is 2.77 bits per heavy atom. The largest absolute Gasteiger partial charge is 0.367 e. The highest BCUT2D eigenvalue weighted by Crippen LogP contribution is 2.25. The van der Waals surface area contributed by atoms with Gasteiger partial charge in [-0.1, -0.05) is 24.3 Å². The average molecular weight is 293 g/mol. The molecule has 3 heterocycles. The van der Waals surface area contributed by atoms with Gasteiger partial charge in [0, 0.05) is 11.4 Å². The fourth-order valence-electron chi connectivity index (χ4n) is 2.98. The molecule has 3 aromatic rings. The molecule has 1 saturated heterocycles. The number of hydrogen-bond acceptors (Lipinski definition) is 4. The lowest BCUT2D eigenvalue weighted by atomic mass is 10.1. The van der Waals surface area contributed by atoms with Gasteiger partial charge in [-0.15, -0.1) is 0 Å². The molecule has 4 rings (SSSR count). The predicted molar refractivity (Wildman–Crippen MR) is 88.8 cm³/mol. The van der Waals surface area contributed by atoms with Crippen LogP contribution in [0.1, 0.15) is 12.8 Å². The van der Waals surface area contributed by atoms with Gasteiger partial charge in [0.1, 0.15) is 11.5 Å². The van der Waals surface area contributed by atoms with Gasteiger partial charge in [-0.2, -0.15) is 5.10 Å². The number of para-hydroxylation sites is 1. The van der Waals surface area contributed by atoms with Gasteiger partial charge >= 0.3 is 0 Å². The molecule has 2 aromatic heterocycles. The summed E-state index contributed by atoms with van der Waals surface area (Å²) in [5.74, 6) is 0.927. The maximum absolute atomic E-state index is 4.75. The molecule has 0 bridgehead atoms. The van der Waals surface area contributed by atoms with Crippen LogP contribution in [0.15, 0.2) is 42.5 Å². The summed E-state index contributed by atoms with van der Waals surface area (Å²) < 4.78 is 0. The quantitative estimate of drug-likeness (QED) is 0.695. The number of nitrogens with zero attached hydrogens (tertiary/aromatic N) is 2. The van der Waals surface area contributed by atoms with Crippen LogP contribution < -0.4 is 10.6 Å². The Balaban J connectivity index is 1.63. The second-order valence-corrected chi connectivity index (χ2v) is 5.69. The summed E-state index contributed by atoms with van der Waals surface area (Å²) in [5.41, 5.74) is 2.84. The second kappa shape index (κ2) is 5.77. The summed E-state index contributed by atoms with van der Waals surface area (Å²) in [6, 6.07) is 14.7. The van der Waals surface area contributed by atoms with E-state index < -0.39 is 0 Å². The lowest BCUT2D eigenvalue weighted by Gasteiger charge is -2.24. The monoisotopic (exact) mass is 293 g/mol. The minimum atomic E-state index is 0.500. The van der Waals surface area contributed by atoms with Gasteiger partial charge in [-0.05, 0) is 44.1 Å². The number of piperidine rings is 1. The van der Waals surface area contributed by atoms with Crippen LogP contribution >= 0.6 is 0 Å². The summed E-state index contributed by atoms with van der Waals surface area (Å²) in [6.07, 6.45) is 2.27. The molecular formula is C17H19N5. The van der Waals surface area contributed by atoms with E-state index in [4.69, 9.17) is 4.98 Å². The molecule has 1 aliphatic heterocycles. The topological polar surface area (TPSA) is 65.6 Å². The van der Waals surface area contributed by atoms with E-state index in [1.54, 1.807) is 0 Å². The minimum absolute atomic E-state index is 0.500. The van der Waals surface area contributed by atoms with Gasteiger partial charge in [0.25, 0.3) is 0 Å². The van der Waals surface area contributed by atoms with Crippen molar-refractivity contribution in [3.63, 3.8) is 0 Å². The third kappa shape index (κ3) is 2.55. The Kier molecular flexibility index (Phi) is 3.48. The minimum Gasteiger partial charge on any atom is -0.367 e. The molecule has 1 aromatic carbocycles. The summed E-state index contributed by atoms with van der Waals surface area (Å²) >= 11 is 0. The standard InChI is InChI=1S/C17H19N5/c1-2-5-14-13(4-1)17(22-21-14)15-6-3-7-16(20-15)19-12-8-10-18-11-9-12/h1-7,12,18H,8-11H2,(H,19,20)(H,21,22). The number of nitrogens with one attached hydrogen (secondary N) is 3. The fourth-order valence-corrected chi connectivity index (χ4v) is 2.98. The lowest BCUT2D eigenvalue weighted by Crippen LogP contribution is -2.35. The van der Waals surface area contributed by atoms with Crippen molar-refractivity contribution in [2.75, 3.05) is 18.4 Å². The van der Waals surface area contributed by atoms with Crippen molar-refractivity contribution in [1.29, 1.82) is 0 Å². The smallest absolute Gasteiger partial charge is 0.126 e. The van der Waals surface area contributed by atoms with Crippen molar-refractivity contribution in [2.45, 2.75) is 18.9 Å². The number of benzene rings is 1. The molecule has 5 nitrogen and oxygen atoms in total. The predicted octanol–water partition coefficient (Wildman–Crippen LogP) is 2.79. The molecule has 0 amide bonds. The molecule has 0 atom stereocenters. The molecule has 22 heavy (non-hydrogen) atoms. The molecule has 0 aliphatic carbocycles. The van der Waals surface area contributed by atoms with Crippen molar-refractivity contribution in [3.05, 3.63) is 42.5 Å². The zero-order chi connectivity index (χ0) is 14.8. The third-order valence-corrected chi connectivity index (χ3v) is 4.15. The highest BCUT2D eigenvalue weighted by molar-refractivity contribution is 5.91. The van der Waals surface area contributed by atoms with E-state index >= 15 is 0 Å². The van der Waals surface area contributed by atoms with Crippen molar-refractivity contribution in [1.82, 2.24) is 20.5 Å². The van der Waals surface area contributed by atoms with Crippen LogP contribution in [-0.4, -0.2) is 34.3 Å². The Labute approximate surface area is 129 Å². The van der Waals surface area contributed by atoms with Gasteiger partial charge in [-0.25, -0.2) is 4.98 Å². The second-order valence-electron chi connectivity index (χ2n) is 5.69. The van der Waals surface area contributed by atoms with Crippen molar-refractivity contribution in [2.24, 2.45) is 0 Å². The first-order valence-corrected chi connectivity index (χ1v) is 7.78. The van der Waals surface area contributed by atoms with Gasteiger partial charge in [0.15, 0.2) is 0 Å². The number of fused-ring (bicyclic) bond motifs is 1. The van der Waals surface area contributed by atoms with Gasteiger partial charge < -0.3 is 10.6 Å².